The summed E-state index contributed by atoms with van der Waals surface area (Å²) in [5, 5.41) is 6.12. The molecule has 0 aromatic carbocycles. The molecule has 0 radical (unpaired) electrons. The summed E-state index contributed by atoms with van der Waals surface area (Å²) in [6.45, 7) is 5.33. The van der Waals surface area contributed by atoms with E-state index in [0.29, 0.717) is 32.8 Å². The van der Waals surface area contributed by atoms with Crippen LogP contribution in [-0.2, 0) is 14.3 Å². The van der Waals surface area contributed by atoms with Gasteiger partial charge < -0.3 is 20.1 Å². The number of methoxy groups -OCH3 is 1. The highest BCUT2D eigenvalue weighted by Crippen LogP contribution is 2.23. The van der Waals surface area contributed by atoms with E-state index in [9.17, 15) is 4.79 Å². The molecule has 28 heavy (non-hydrogen) atoms. The number of amides is 1. The van der Waals surface area contributed by atoms with Gasteiger partial charge in [-0.15, -0.1) is 0 Å². The molecule has 8 nitrogen and oxygen atoms in total. The van der Waals surface area contributed by atoms with Crippen molar-refractivity contribution in [3.8, 4) is 0 Å². The Kier molecular flexibility index (Phi) is 7.30. The zero-order chi connectivity index (χ0) is 19.8. The summed E-state index contributed by atoms with van der Waals surface area (Å²) in [7, 11) is 1.62. The average Bonchev–Trinajstić information content (AvgIpc) is 2.71. The van der Waals surface area contributed by atoms with Crippen LogP contribution in [0.5, 0.6) is 0 Å². The fraction of sp³-hybridized carbons (Fsp3) is 0.450. The molecule has 1 amide bonds. The van der Waals surface area contributed by atoms with Crippen molar-refractivity contribution in [1.82, 2.24) is 20.2 Å². The molecule has 8 heteroatoms. The first-order valence-electron chi connectivity index (χ1n) is 9.40. The van der Waals surface area contributed by atoms with Gasteiger partial charge in [0.1, 0.15) is 11.9 Å². The number of rotatable bonds is 8. The minimum Gasteiger partial charge on any atom is -0.383 e. The van der Waals surface area contributed by atoms with E-state index < -0.39 is 0 Å². The molecular weight excluding hydrogens is 358 g/mol. The van der Waals surface area contributed by atoms with Crippen LogP contribution in [0.15, 0.2) is 36.7 Å². The summed E-state index contributed by atoms with van der Waals surface area (Å²) in [5.74, 6) is 0.813. The zero-order valence-electron chi connectivity index (χ0n) is 16.4. The van der Waals surface area contributed by atoms with Crippen molar-refractivity contribution in [2.75, 3.05) is 51.8 Å². The van der Waals surface area contributed by atoms with Crippen molar-refractivity contribution < 1.29 is 14.3 Å². The predicted molar refractivity (Wildman–Crippen MR) is 107 cm³/mol. The lowest BCUT2D eigenvalue weighted by atomic mass is 10.2. The monoisotopic (exact) mass is 385 g/mol. The molecule has 2 aromatic heterocycles. The van der Waals surface area contributed by atoms with Gasteiger partial charge in [-0.05, 0) is 30.7 Å². The van der Waals surface area contributed by atoms with Gasteiger partial charge in [-0.2, -0.15) is 0 Å². The van der Waals surface area contributed by atoms with Crippen molar-refractivity contribution in [2.45, 2.75) is 13.0 Å². The smallest absolute Gasteiger partial charge is 0.234 e. The number of pyridine rings is 2. The number of hydrogen-bond donors (Lipinski definition) is 2. The number of aryl methyl sites for hydroxylation is 1. The molecule has 2 aromatic rings. The summed E-state index contributed by atoms with van der Waals surface area (Å²) in [5.41, 5.74) is 2.80. The number of carbonyl (C=O) groups excluding carboxylic acids is 1. The van der Waals surface area contributed by atoms with Crippen molar-refractivity contribution >= 4 is 17.4 Å². The summed E-state index contributed by atoms with van der Waals surface area (Å²) in [6, 6.07) is 7.84. The van der Waals surface area contributed by atoms with Crippen LogP contribution in [0, 0.1) is 6.92 Å². The van der Waals surface area contributed by atoms with Crippen LogP contribution in [0.1, 0.15) is 17.4 Å². The lowest BCUT2D eigenvalue weighted by Crippen LogP contribution is -2.44. The maximum atomic E-state index is 12.0. The zero-order valence-corrected chi connectivity index (χ0v) is 16.4. The average molecular weight is 385 g/mol. The maximum absolute atomic E-state index is 12.0. The normalized spacial score (nSPS) is 17.3. The Morgan fingerprint density at radius 3 is 3.00 bits per heavy atom. The van der Waals surface area contributed by atoms with Crippen molar-refractivity contribution in [3.05, 3.63) is 47.9 Å². The molecular formula is C20H27N5O3. The number of nitrogens with one attached hydrogen (secondary N) is 2. The Balaban J connectivity index is 1.54. The van der Waals surface area contributed by atoms with Gasteiger partial charge in [0, 0.05) is 32.9 Å². The number of aromatic nitrogens is 2. The van der Waals surface area contributed by atoms with Crippen molar-refractivity contribution in [1.29, 1.82) is 0 Å². The summed E-state index contributed by atoms with van der Waals surface area (Å²) >= 11 is 0. The Hall–Kier alpha value is -2.55. The second-order valence-corrected chi connectivity index (χ2v) is 6.70. The van der Waals surface area contributed by atoms with Crippen LogP contribution < -0.4 is 10.6 Å². The quantitative estimate of drug-likeness (QED) is 0.668. The van der Waals surface area contributed by atoms with Gasteiger partial charge in [-0.1, -0.05) is 6.07 Å². The van der Waals surface area contributed by atoms with Crippen LogP contribution in [0.2, 0.25) is 0 Å². The van der Waals surface area contributed by atoms with Crippen LogP contribution in [0.3, 0.4) is 0 Å². The highest BCUT2D eigenvalue weighted by atomic mass is 16.5. The topological polar surface area (TPSA) is 88.6 Å². The molecule has 3 rings (SSSR count). The minimum absolute atomic E-state index is 0.00376. The summed E-state index contributed by atoms with van der Waals surface area (Å²) in [4.78, 5) is 23.0. The largest absolute Gasteiger partial charge is 0.383 e. The molecule has 2 N–H and O–H groups in total. The van der Waals surface area contributed by atoms with Crippen molar-refractivity contribution in [2.24, 2.45) is 0 Å². The van der Waals surface area contributed by atoms with Crippen molar-refractivity contribution in [3.63, 3.8) is 0 Å². The highest BCUT2D eigenvalue weighted by molar-refractivity contribution is 5.78. The first-order chi connectivity index (χ1) is 13.7. The fourth-order valence-corrected chi connectivity index (χ4v) is 3.00. The second kappa shape index (κ2) is 10.1. The molecule has 0 aliphatic carbocycles. The van der Waals surface area contributed by atoms with E-state index in [2.05, 4.69) is 25.5 Å². The van der Waals surface area contributed by atoms with Gasteiger partial charge in [0.05, 0.1) is 37.3 Å². The minimum atomic E-state index is -0.147. The first-order valence-corrected chi connectivity index (χ1v) is 9.40. The second-order valence-electron chi connectivity index (χ2n) is 6.70. The van der Waals surface area contributed by atoms with Gasteiger partial charge >= 0.3 is 0 Å². The van der Waals surface area contributed by atoms with E-state index in [1.165, 1.54) is 0 Å². The molecule has 1 aliphatic rings. The Bertz CT molecular complexity index is 769. The van der Waals surface area contributed by atoms with Crippen LogP contribution in [0.25, 0.3) is 0 Å². The molecule has 1 fully saturated rings. The van der Waals surface area contributed by atoms with Crippen LogP contribution >= 0.6 is 0 Å². The molecule has 0 spiro atoms. The first kappa shape index (κ1) is 20.2. The number of anilines is 2. The SMILES string of the molecule is COCCNC(=O)CN1CCO[C@@H](c2ccc(Nc3ncccc3C)cn2)C1. The van der Waals surface area contributed by atoms with Crippen LogP contribution in [-0.4, -0.2) is 67.3 Å². The lowest BCUT2D eigenvalue weighted by Gasteiger charge is -2.32. The maximum Gasteiger partial charge on any atom is 0.234 e. The predicted octanol–water partition coefficient (Wildman–Crippen LogP) is 1.66. The Labute approximate surface area is 165 Å². The lowest BCUT2D eigenvalue weighted by molar-refractivity contribution is -0.124. The number of nitrogens with zero attached hydrogens (tertiary/aromatic N) is 3. The van der Waals surface area contributed by atoms with E-state index in [-0.39, 0.29) is 12.0 Å². The van der Waals surface area contributed by atoms with Crippen LogP contribution in [0.4, 0.5) is 11.5 Å². The van der Waals surface area contributed by atoms with E-state index >= 15 is 0 Å². The third-order valence-corrected chi connectivity index (χ3v) is 4.53. The van der Waals surface area contributed by atoms with Gasteiger partial charge in [0.15, 0.2) is 0 Å². The van der Waals surface area contributed by atoms with Gasteiger partial charge in [0.2, 0.25) is 5.91 Å². The molecule has 150 valence electrons. The number of ether oxygens (including phenoxy) is 2. The molecule has 0 bridgehead atoms. The molecule has 0 saturated carbocycles. The standard InChI is InChI=1S/C20H27N5O3/c1-15-4-3-7-22-20(15)24-16-5-6-17(23-12-16)18-13-25(9-11-28-18)14-19(26)21-8-10-27-2/h3-7,12,18H,8-11,13-14H2,1-2H3,(H,21,26)(H,22,24)/t18-/m1/s1. The fourth-order valence-electron chi connectivity index (χ4n) is 3.00. The third kappa shape index (κ3) is 5.72. The van der Waals surface area contributed by atoms with Gasteiger partial charge in [-0.25, -0.2) is 4.98 Å². The highest BCUT2D eigenvalue weighted by Gasteiger charge is 2.24. The summed E-state index contributed by atoms with van der Waals surface area (Å²) < 4.78 is 10.8. The molecule has 1 atom stereocenters. The Morgan fingerprint density at radius 1 is 1.36 bits per heavy atom. The number of hydrogen-bond acceptors (Lipinski definition) is 7. The van der Waals surface area contributed by atoms with E-state index in [1.54, 1.807) is 19.5 Å². The van der Waals surface area contributed by atoms with E-state index in [0.717, 1.165) is 29.3 Å². The van der Waals surface area contributed by atoms with E-state index in [4.69, 9.17) is 9.47 Å². The molecule has 3 heterocycles. The van der Waals surface area contributed by atoms with Gasteiger partial charge in [0.25, 0.3) is 0 Å². The third-order valence-electron chi connectivity index (χ3n) is 4.53. The molecule has 0 unspecified atom stereocenters. The van der Waals surface area contributed by atoms with Gasteiger partial charge in [-0.3, -0.25) is 14.7 Å². The number of morpholine rings is 1. The number of carbonyl (C=O) groups is 1. The van der Waals surface area contributed by atoms with E-state index in [1.807, 2.05) is 31.2 Å². The summed E-state index contributed by atoms with van der Waals surface area (Å²) in [6.07, 6.45) is 3.39. The molecule has 1 aliphatic heterocycles. The Morgan fingerprint density at radius 2 is 2.25 bits per heavy atom. The molecule has 1 saturated heterocycles.